The van der Waals surface area contributed by atoms with Crippen molar-refractivity contribution in [2.75, 3.05) is 38.3 Å². The van der Waals surface area contributed by atoms with E-state index in [0.29, 0.717) is 25.3 Å². The fourth-order valence-electron chi connectivity index (χ4n) is 3.90. The van der Waals surface area contributed by atoms with Crippen molar-refractivity contribution in [1.29, 1.82) is 0 Å². The maximum Gasteiger partial charge on any atom is 0.249 e. The van der Waals surface area contributed by atoms with Gasteiger partial charge in [0, 0.05) is 24.8 Å². The Morgan fingerprint density at radius 3 is 2.71 bits per heavy atom. The number of aliphatic hydroxyl groups excluding tert-OH is 1. The molecule has 0 spiro atoms. The van der Waals surface area contributed by atoms with Crippen LogP contribution < -0.4 is 5.32 Å². The van der Waals surface area contributed by atoms with E-state index >= 15 is 0 Å². The Bertz CT molecular complexity index is 657. The molecule has 1 aromatic carbocycles. The van der Waals surface area contributed by atoms with Crippen molar-refractivity contribution < 1.29 is 24.2 Å². The first-order valence-electron chi connectivity index (χ1n) is 10.1. The molecule has 2 fully saturated rings. The summed E-state index contributed by atoms with van der Waals surface area (Å²) in [7, 11) is 0. The second-order valence-electron chi connectivity index (χ2n) is 7.40. The molecule has 7 nitrogen and oxygen atoms in total. The number of nitrogens with zero attached hydrogens (tertiary/aromatic N) is 1. The quantitative estimate of drug-likeness (QED) is 0.664. The largest absolute Gasteiger partial charge is 0.386 e. The highest BCUT2D eigenvalue weighted by Gasteiger charge is 2.34. The molecule has 0 bridgehead atoms. The van der Waals surface area contributed by atoms with Crippen molar-refractivity contribution in [3.63, 3.8) is 0 Å². The van der Waals surface area contributed by atoms with Crippen molar-refractivity contribution in [3.8, 4) is 0 Å². The highest BCUT2D eigenvalue weighted by Crippen LogP contribution is 2.28. The molecule has 7 heteroatoms. The fourth-order valence-corrected chi connectivity index (χ4v) is 3.90. The summed E-state index contributed by atoms with van der Waals surface area (Å²) in [6, 6.07) is 6.70. The van der Waals surface area contributed by atoms with Crippen molar-refractivity contribution in [3.05, 3.63) is 29.8 Å². The number of benzene rings is 1. The van der Waals surface area contributed by atoms with Crippen LogP contribution >= 0.6 is 0 Å². The minimum absolute atomic E-state index is 0.0292. The molecule has 1 aliphatic heterocycles. The molecule has 1 aliphatic carbocycles. The second kappa shape index (κ2) is 10.0. The summed E-state index contributed by atoms with van der Waals surface area (Å²) in [5.74, 6) is 0.0317. The van der Waals surface area contributed by atoms with Crippen LogP contribution in [-0.2, 0) is 19.1 Å². The maximum atomic E-state index is 12.3. The molecule has 1 aromatic rings. The van der Waals surface area contributed by atoms with E-state index < -0.39 is 12.1 Å². The first-order chi connectivity index (χ1) is 13.6. The molecule has 3 rings (SSSR count). The molecule has 0 radical (unpaired) electrons. The molecular formula is C21H30N2O5. The van der Waals surface area contributed by atoms with Crippen LogP contribution in [0.5, 0.6) is 0 Å². The number of carbonyl (C=O) groups is 2. The van der Waals surface area contributed by atoms with E-state index in [0.717, 1.165) is 31.4 Å². The number of rotatable bonds is 8. The summed E-state index contributed by atoms with van der Waals surface area (Å²) in [5, 5.41) is 13.8. The number of hydrogen-bond acceptors (Lipinski definition) is 5. The third-order valence-corrected chi connectivity index (χ3v) is 5.53. The number of aliphatic hydroxyl groups is 1. The summed E-state index contributed by atoms with van der Waals surface area (Å²) in [5.41, 5.74) is 1.40. The van der Waals surface area contributed by atoms with E-state index in [-0.39, 0.29) is 30.9 Å². The van der Waals surface area contributed by atoms with Crippen LogP contribution in [0, 0.1) is 5.92 Å². The second-order valence-corrected chi connectivity index (χ2v) is 7.40. The van der Waals surface area contributed by atoms with Gasteiger partial charge in [-0.1, -0.05) is 25.0 Å². The van der Waals surface area contributed by atoms with Gasteiger partial charge in [-0.3, -0.25) is 9.59 Å². The molecular weight excluding hydrogens is 360 g/mol. The average molecular weight is 390 g/mol. The SMILES string of the molecule is CCOCCN1C(=O)COC[C@@H]1[C@H](O)c1ccc(NC(=O)C2CCCC2)cc1. The number of carbonyl (C=O) groups excluding carboxylic acids is 2. The van der Waals surface area contributed by atoms with E-state index in [9.17, 15) is 14.7 Å². The minimum Gasteiger partial charge on any atom is -0.386 e. The number of hydrogen-bond donors (Lipinski definition) is 2. The Morgan fingerprint density at radius 2 is 2.04 bits per heavy atom. The monoisotopic (exact) mass is 390 g/mol. The predicted octanol–water partition coefficient (Wildman–Crippen LogP) is 2.11. The minimum atomic E-state index is -0.870. The highest BCUT2D eigenvalue weighted by molar-refractivity contribution is 5.92. The van der Waals surface area contributed by atoms with Gasteiger partial charge >= 0.3 is 0 Å². The Labute approximate surface area is 166 Å². The molecule has 1 saturated carbocycles. The average Bonchev–Trinajstić information content (AvgIpc) is 3.24. The summed E-state index contributed by atoms with van der Waals surface area (Å²) < 4.78 is 10.7. The van der Waals surface area contributed by atoms with Crippen LogP contribution in [0.15, 0.2) is 24.3 Å². The Kier molecular flexibility index (Phi) is 7.42. The van der Waals surface area contributed by atoms with Crippen molar-refractivity contribution in [2.45, 2.75) is 44.8 Å². The Hall–Kier alpha value is -1.96. The van der Waals surface area contributed by atoms with Gasteiger partial charge in [0.2, 0.25) is 11.8 Å². The molecule has 2 amide bonds. The Balaban J connectivity index is 1.62. The van der Waals surface area contributed by atoms with E-state index in [4.69, 9.17) is 9.47 Å². The van der Waals surface area contributed by atoms with Crippen LogP contribution in [0.25, 0.3) is 0 Å². The first-order valence-corrected chi connectivity index (χ1v) is 10.1. The zero-order valence-corrected chi connectivity index (χ0v) is 16.4. The molecule has 0 unspecified atom stereocenters. The van der Waals surface area contributed by atoms with Gasteiger partial charge in [-0.05, 0) is 37.5 Å². The summed E-state index contributed by atoms with van der Waals surface area (Å²) >= 11 is 0. The maximum absolute atomic E-state index is 12.3. The van der Waals surface area contributed by atoms with E-state index in [2.05, 4.69) is 5.32 Å². The number of amides is 2. The zero-order valence-electron chi connectivity index (χ0n) is 16.4. The lowest BCUT2D eigenvalue weighted by Gasteiger charge is -2.38. The molecule has 1 saturated heterocycles. The normalized spacial score (nSPS) is 21.7. The summed E-state index contributed by atoms with van der Waals surface area (Å²) in [6.07, 6.45) is 3.27. The number of morpholine rings is 1. The van der Waals surface area contributed by atoms with Crippen LogP contribution in [0.4, 0.5) is 5.69 Å². The van der Waals surface area contributed by atoms with Crippen molar-refractivity contribution in [2.24, 2.45) is 5.92 Å². The molecule has 2 atom stereocenters. The van der Waals surface area contributed by atoms with Gasteiger partial charge in [-0.25, -0.2) is 0 Å². The van der Waals surface area contributed by atoms with Crippen LogP contribution in [0.1, 0.15) is 44.3 Å². The molecule has 0 aromatic heterocycles. The summed E-state index contributed by atoms with van der Waals surface area (Å²) in [4.78, 5) is 26.1. The van der Waals surface area contributed by atoms with Crippen molar-refractivity contribution in [1.82, 2.24) is 4.90 Å². The highest BCUT2D eigenvalue weighted by atomic mass is 16.5. The van der Waals surface area contributed by atoms with Gasteiger partial charge in [0.15, 0.2) is 0 Å². The van der Waals surface area contributed by atoms with E-state index in [1.807, 2.05) is 6.92 Å². The van der Waals surface area contributed by atoms with Crippen LogP contribution in [0.2, 0.25) is 0 Å². The third-order valence-electron chi connectivity index (χ3n) is 5.53. The Morgan fingerprint density at radius 1 is 1.32 bits per heavy atom. The molecule has 154 valence electrons. The molecule has 2 N–H and O–H groups in total. The fraction of sp³-hybridized carbons (Fsp3) is 0.619. The van der Waals surface area contributed by atoms with Crippen LogP contribution in [0.3, 0.4) is 0 Å². The standard InChI is InChI=1S/C21H30N2O5/c1-2-27-12-11-23-18(13-28-14-19(23)24)20(25)15-7-9-17(10-8-15)22-21(26)16-5-3-4-6-16/h7-10,16,18,20,25H,2-6,11-14H2,1H3,(H,22,26)/t18-,20-/m1/s1. The number of ether oxygens (including phenoxy) is 2. The third kappa shape index (κ3) is 5.10. The number of anilines is 1. The van der Waals surface area contributed by atoms with E-state index in [1.54, 1.807) is 29.2 Å². The zero-order chi connectivity index (χ0) is 19.9. The lowest BCUT2D eigenvalue weighted by molar-refractivity contribution is -0.155. The smallest absolute Gasteiger partial charge is 0.249 e. The molecule has 1 heterocycles. The molecule has 28 heavy (non-hydrogen) atoms. The summed E-state index contributed by atoms with van der Waals surface area (Å²) in [6.45, 7) is 3.64. The van der Waals surface area contributed by atoms with Gasteiger partial charge in [0.05, 0.1) is 19.3 Å². The first kappa shape index (κ1) is 20.8. The molecule has 2 aliphatic rings. The lowest BCUT2D eigenvalue weighted by Crippen LogP contribution is -2.53. The van der Waals surface area contributed by atoms with Gasteiger partial charge < -0.3 is 24.8 Å². The predicted molar refractivity (Wildman–Crippen MR) is 105 cm³/mol. The van der Waals surface area contributed by atoms with Gasteiger partial charge in [0.1, 0.15) is 12.7 Å². The topological polar surface area (TPSA) is 88.1 Å². The van der Waals surface area contributed by atoms with Gasteiger partial charge in [-0.15, -0.1) is 0 Å². The number of nitrogens with one attached hydrogen (secondary N) is 1. The van der Waals surface area contributed by atoms with Gasteiger partial charge in [-0.2, -0.15) is 0 Å². The van der Waals surface area contributed by atoms with Crippen LogP contribution in [-0.4, -0.2) is 60.8 Å². The van der Waals surface area contributed by atoms with Gasteiger partial charge in [0.25, 0.3) is 0 Å². The van der Waals surface area contributed by atoms with Crippen molar-refractivity contribution >= 4 is 17.5 Å². The van der Waals surface area contributed by atoms with E-state index in [1.165, 1.54) is 0 Å². The lowest BCUT2D eigenvalue weighted by atomic mass is 10.00.